The first-order valence-corrected chi connectivity index (χ1v) is 10.9. The predicted octanol–water partition coefficient (Wildman–Crippen LogP) is 3.89. The van der Waals surface area contributed by atoms with Crippen LogP contribution in [0.5, 0.6) is 0 Å². The Morgan fingerprint density at radius 1 is 0.906 bits per heavy atom. The van der Waals surface area contributed by atoms with Crippen LogP contribution in [0, 0.1) is 6.92 Å². The van der Waals surface area contributed by atoms with Crippen LogP contribution in [0.2, 0.25) is 0 Å². The molecule has 1 saturated heterocycles. The van der Waals surface area contributed by atoms with Crippen LogP contribution in [0.1, 0.15) is 11.1 Å². The van der Waals surface area contributed by atoms with Crippen molar-refractivity contribution in [3.05, 3.63) is 84.2 Å². The minimum atomic E-state index is 0.183. The highest BCUT2D eigenvalue weighted by molar-refractivity contribution is 5.91. The van der Waals surface area contributed by atoms with Gasteiger partial charge in [0, 0.05) is 49.5 Å². The van der Waals surface area contributed by atoms with Crippen molar-refractivity contribution in [1.29, 1.82) is 0 Å². The second-order valence-electron chi connectivity index (χ2n) is 8.10. The number of amides is 1. The van der Waals surface area contributed by atoms with Crippen molar-refractivity contribution in [2.75, 3.05) is 31.1 Å². The van der Waals surface area contributed by atoms with E-state index in [2.05, 4.69) is 28.9 Å². The summed E-state index contributed by atoms with van der Waals surface area (Å²) in [5.41, 5.74) is 4.07. The molecule has 1 aliphatic rings. The van der Waals surface area contributed by atoms with Crippen LogP contribution >= 0.6 is 0 Å². The number of anilines is 1. The van der Waals surface area contributed by atoms with Crippen LogP contribution in [0.25, 0.3) is 22.3 Å². The maximum Gasteiger partial charge on any atom is 0.227 e. The Labute approximate surface area is 187 Å². The molecule has 2 aromatic carbocycles. The number of aryl methyl sites for hydroxylation is 1. The van der Waals surface area contributed by atoms with Gasteiger partial charge in [0.2, 0.25) is 5.91 Å². The molecule has 0 unspecified atom stereocenters. The van der Waals surface area contributed by atoms with Gasteiger partial charge >= 0.3 is 0 Å². The Kier molecular flexibility index (Phi) is 5.50. The summed E-state index contributed by atoms with van der Waals surface area (Å²) in [6, 6.07) is 20.1. The average Bonchev–Trinajstić information content (AvgIpc) is 2.85. The number of benzene rings is 2. The number of nitrogens with zero attached hydrogens (tertiary/aromatic N) is 5. The fourth-order valence-corrected chi connectivity index (χ4v) is 4.18. The monoisotopic (exact) mass is 423 g/mol. The number of pyridine rings is 1. The summed E-state index contributed by atoms with van der Waals surface area (Å²) in [5.74, 6) is 1.77. The fourth-order valence-electron chi connectivity index (χ4n) is 4.18. The highest BCUT2D eigenvalue weighted by atomic mass is 16.2. The summed E-state index contributed by atoms with van der Waals surface area (Å²) in [6.45, 7) is 4.91. The first kappa shape index (κ1) is 20.1. The molecule has 5 rings (SSSR count). The Hall–Kier alpha value is -3.80. The molecular formula is C26H25N5O. The van der Waals surface area contributed by atoms with Crippen LogP contribution in [-0.2, 0) is 11.2 Å². The van der Waals surface area contributed by atoms with E-state index in [-0.39, 0.29) is 5.91 Å². The second kappa shape index (κ2) is 8.75. The number of piperazine rings is 1. The first-order valence-electron chi connectivity index (χ1n) is 10.9. The summed E-state index contributed by atoms with van der Waals surface area (Å²) in [4.78, 5) is 31.0. The van der Waals surface area contributed by atoms with Gasteiger partial charge < -0.3 is 9.80 Å². The molecule has 2 aromatic heterocycles. The van der Waals surface area contributed by atoms with Crippen molar-refractivity contribution in [1.82, 2.24) is 19.9 Å². The van der Waals surface area contributed by atoms with Gasteiger partial charge in [0.25, 0.3) is 0 Å². The van der Waals surface area contributed by atoms with Crippen LogP contribution in [-0.4, -0.2) is 51.9 Å². The lowest BCUT2D eigenvalue weighted by Crippen LogP contribution is -2.49. The normalized spacial score (nSPS) is 14.0. The molecule has 0 bridgehead atoms. The van der Waals surface area contributed by atoms with Crippen molar-refractivity contribution in [2.24, 2.45) is 0 Å². The number of fused-ring (bicyclic) bond motifs is 1. The zero-order valence-electron chi connectivity index (χ0n) is 18.1. The largest absolute Gasteiger partial charge is 0.352 e. The lowest BCUT2D eigenvalue weighted by atomic mass is 10.1. The Morgan fingerprint density at radius 3 is 2.47 bits per heavy atom. The molecule has 4 aromatic rings. The van der Waals surface area contributed by atoms with Gasteiger partial charge in [-0.15, -0.1) is 0 Å². The zero-order chi connectivity index (χ0) is 21.9. The molecule has 3 heterocycles. The van der Waals surface area contributed by atoms with Gasteiger partial charge in [-0.3, -0.25) is 9.78 Å². The summed E-state index contributed by atoms with van der Waals surface area (Å²) in [7, 11) is 0. The molecule has 6 heteroatoms. The quantitative estimate of drug-likeness (QED) is 0.498. The number of aromatic nitrogens is 3. The molecule has 160 valence electrons. The van der Waals surface area contributed by atoms with Crippen LogP contribution in [0.3, 0.4) is 0 Å². The van der Waals surface area contributed by atoms with Crippen molar-refractivity contribution in [3.8, 4) is 11.4 Å². The average molecular weight is 424 g/mol. The first-order chi connectivity index (χ1) is 15.7. The van der Waals surface area contributed by atoms with E-state index in [1.54, 1.807) is 12.4 Å². The molecule has 1 amide bonds. The smallest absolute Gasteiger partial charge is 0.227 e. The molecule has 1 aliphatic heterocycles. The van der Waals surface area contributed by atoms with Crippen molar-refractivity contribution in [2.45, 2.75) is 13.3 Å². The number of rotatable bonds is 4. The highest BCUT2D eigenvalue weighted by Crippen LogP contribution is 2.28. The fraction of sp³-hybridized carbons (Fsp3) is 0.231. The van der Waals surface area contributed by atoms with Gasteiger partial charge in [-0.05, 0) is 42.3 Å². The third kappa shape index (κ3) is 4.04. The summed E-state index contributed by atoms with van der Waals surface area (Å²) >= 11 is 0. The number of para-hydroxylation sites is 1. The molecular weight excluding hydrogens is 398 g/mol. The number of carbonyl (C=O) groups is 1. The molecule has 0 radical (unpaired) electrons. The van der Waals surface area contributed by atoms with Crippen molar-refractivity contribution in [3.63, 3.8) is 0 Å². The standard InChI is InChI=1S/C26H25N5O/c1-19-7-2-3-8-20(19)17-24(32)30-13-15-31(16-14-30)26-22-10-4-5-11-23(22)28-25(29-26)21-9-6-12-27-18-21/h2-12,18H,13-17H2,1H3. The van der Waals surface area contributed by atoms with Gasteiger partial charge in [-0.2, -0.15) is 0 Å². The Balaban J connectivity index is 1.37. The second-order valence-corrected chi connectivity index (χ2v) is 8.10. The van der Waals surface area contributed by atoms with Gasteiger partial charge in [-0.1, -0.05) is 36.4 Å². The van der Waals surface area contributed by atoms with Gasteiger partial charge in [-0.25, -0.2) is 9.97 Å². The zero-order valence-corrected chi connectivity index (χ0v) is 18.1. The summed E-state index contributed by atoms with van der Waals surface area (Å²) in [6.07, 6.45) is 3.99. The van der Waals surface area contributed by atoms with E-state index in [4.69, 9.17) is 9.97 Å². The number of hydrogen-bond donors (Lipinski definition) is 0. The molecule has 0 atom stereocenters. The molecule has 1 fully saturated rings. The molecule has 32 heavy (non-hydrogen) atoms. The molecule has 0 spiro atoms. The third-order valence-corrected chi connectivity index (χ3v) is 6.04. The third-order valence-electron chi connectivity index (χ3n) is 6.04. The lowest BCUT2D eigenvalue weighted by Gasteiger charge is -2.36. The van der Waals surface area contributed by atoms with Crippen molar-refractivity contribution < 1.29 is 4.79 Å². The van der Waals surface area contributed by atoms with E-state index in [9.17, 15) is 4.79 Å². The van der Waals surface area contributed by atoms with Crippen LogP contribution in [0.15, 0.2) is 73.1 Å². The number of hydrogen-bond acceptors (Lipinski definition) is 5. The highest BCUT2D eigenvalue weighted by Gasteiger charge is 2.24. The van der Waals surface area contributed by atoms with E-state index in [1.165, 1.54) is 0 Å². The van der Waals surface area contributed by atoms with Crippen LogP contribution < -0.4 is 4.90 Å². The number of carbonyl (C=O) groups excluding carboxylic acids is 1. The van der Waals surface area contributed by atoms with E-state index >= 15 is 0 Å². The van der Waals surface area contributed by atoms with Gasteiger partial charge in [0.15, 0.2) is 5.82 Å². The van der Waals surface area contributed by atoms with E-state index in [1.807, 2.05) is 53.4 Å². The Morgan fingerprint density at radius 2 is 1.69 bits per heavy atom. The Bertz CT molecular complexity index is 1250. The minimum Gasteiger partial charge on any atom is -0.352 e. The topological polar surface area (TPSA) is 62.2 Å². The molecule has 0 aliphatic carbocycles. The lowest BCUT2D eigenvalue weighted by molar-refractivity contribution is -0.130. The van der Waals surface area contributed by atoms with E-state index in [0.717, 1.165) is 46.5 Å². The van der Waals surface area contributed by atoms with Crippen molar-refractivity contribution >= 4 is 22.6 Å². The van der Waals surface area contributed by atoms with Gasteiger partial charge in [0.05, 0.1) is 11.9 Å². The molecule has 0 saturated carbocycles. The van der Waals surface area contributed by atoms with Crippen LogP contribution in [0.4, 0.5) is 5.82 Å². The van der Waals surface area contributed by atoms with E-state index in [0.29, 0.717) is 25.3 Å². The van der Waals surface area contributed by atoms with E-state index < -0.39 is 0 Å². The van der Waals surface area contributed by atoms with Gasteiger partial charge in [0.1, 0.15) is 5.82 Å². The molecule has 0 N–H and O–H groups in total. The summed E-state index contributed by atoms with van der Waals surface area (Å²) < 4.78 is 0. The summed E-state index contributed by atoms with van der Waals surface area (Å²) in [5, 5.41) is 1.03. The maximum absolute atomic E-state index is 12.9. The predicted molar refractivity (Wildman–Crippen MR) is 126 cm³/mol. The maximum atomic E-state index is 12.9. The minimum absolute atomic E-state index is 0.183. The SMILES string of the molecule is Cc1ccccc1CC(=O)N1CCN(c2nc(-c3cccnc3)nc3ccccc23)CC1. The molecule has 6 nitrogen and oxygen atoms in total.